The normalized spacial score (nSPS) is 11.8. The van der Waals surface area contributed by atoms with Gasteiger partial charge in [0.2, 0.25) is 5.91 Å². The maximum absolute atomic E-state index is 11.8. The molecule has 0 aliphatic rings. The molecule has 1 unspecified atom stereocenters. The summed E-state index contributed by atoms with van der Waals surface area (Å²) in [5.74, 6) is -1.97. The number of rotatable bonds is 7. The van der Waals surface area contributed by atoms with Gasteiger partial charge in [0.15, 0.2) is 0 Å². The fourth-order valence-electron chi connectivity index (χ4n) is 1.83. The lowest BCUT2D eigenvalue weighted by Gasteiger charge is -2.16. The van der Waals surface area contributed by atoms with Gasteiger partial charge in [0.1, 0.15) is 6.04 Å². The maximum Gasteiger partial charge on any atom is 0.326 e. The van der Waals surface area contributed by atoms with Crippen molar-refractivity contribution >= 4 is 29.4 Å². The van der Waals surface area contributed by atoms with Gasteiger partial charge in [0, 0.05) is 10.6 Å². The molecule has 1 atom stereocenters. The van der Waals surface area contributed by atoms with Crippen molar-refractivity contribution in [2.75, 3.05) is 6.54 Å². The van der Waals surface area contributed by atoms with Crippen molar-refractivity contribution in [3.05, 3.63) is 34.9 Å². The third-order valence-electron chi connectivity index (χ3n) is 2.84. The summed E-state index contributed by atoms with van der Waals surface area (Å²) < 4.78 is 0. The van der Waals surface area contributed by atoms with Crippen LogP contribution in [0.25, 0.3) is 0 Å². The summed E-state index contributed by atoms with van der Waals surface area (Å²) in [5, 5.41) is 14.3. The number of benzene rings is 1. The molecule has 0 aliphatic heterocycles. The Morgan fingerprint density at radius 1 is 1.27 bits per heavy atom. The molecule has 1 aromatic rings. The number of amides is 2. The van der Waals surface area contributed by atoms with Crippen molar-refractivity contribution in [2.24, 2.45) is 5.92 Å². The van der Waals surface area contributed by atoms with Crippen LogP contribution >= 0.6 is 11.6 Å². The molecule has 0 saturated carbocycles. The summed E-state index contributed by atoms with van der Waals surface area (Å²) in [7, 11) is 0. The van der Waals surface area contributed by atoms with Crippen LogP contribution in [0.5, 0.6) is 0 Å². The molecule has 0 aromatic heterocycles. The molecule has 7 heteroatoms. The quantitative estimate of drug-likeness (QED) is 0.710. The Labute approximate surface area is 133 Å². The summed E-state index contributed by atoms with van der Waals surface area (Å²) >= 11 is 5.78. The predicted octanol–water partition coefficient (Wildman–Crippen LogP) is 1.69. The third-order valence-corrected chi connectivity index (χ3v) is 3.07. The molecule has 1 rings (SSSR count). The highest BCUT2D eigenvalue weighted by Gasteiger charge is 2.21. The second-order valence-corrected chi connectivity index (χ2v) is 5.72. The molecule has 0 radical (unpaired) electrons. The average molecular weight is 327 g/mol. The van der Waals surface area contributed by atoms with Crippen molar-refractivity contribution < 1.29 is 19.5 Å². The topological polar surface area (TPSA) is 95.5 Å². The molecule has 0 bridgehead atoms. The number of nitrogens with one attached hydrogen (secondary N) is 2. The van der Waals surface area contributed by atoms with Crippen LogP contribution < -0.4 is 10.6 Å². The molecule has 3 N–H and O–H groups in total. The van der Waals surface area contributed by atoms with E-state index in [1.165, 1.54) is 6.07 Å². The van der Waals surface area contributed by atoms with Crippen LogP contribution in [0.3, 0.4) is 0 Å². The first-order chi connectivity index (χ1) is 10.3. The van der Waals surface area contributed by atoms with E-state index in [-0.39, 0.29) is 12.5 Å². The van der Waals surface area contributed by atoms with Crippen molar-refractivity contribution in [1.29, 1.82) is 0 Å². The number of aliphatic carboxylic acids is 1. The van der Waals surface area contributed by atoms with E-state index in [9.17, 15) is 14.4 Å². The monoisotopic (exact) mass is 326 g/mol. The SMILES string of the molecule is CC(C)CC(NC(=O)CNC(=O)c1cccc(Cl)c1)C(=O)O. The number of carboxylic acids is 1. The minimum atomic E-state index is -1.09. The van der Waals surface area contributed by atoms with Crippen molar-refractivity contribution in [2.45, 2.75) is 26.3 Å². The Morgan fingerprint density at radius 2 is 1.95 bits per heavy atom. The molecule has 6 nitrogen and oxygen atoms in total. The van der Waals surface area contributed by atoms with Gasteiger partial charge in [-0.15, -0.1) is 0 Å². The lowest BCUT2D eigenvalue weighted by Crippen LogP contribution is -2.46. The second kappa shape index (κ2) is 8.38. The Bertz CT molecular complexity index is 560. The Kier molecular flexibility index (Phi) is 6.85. The number of hydrogen-bond donors (Lipinski definition) is 3. The molecule has 0 heterocycles. The molecule has 120 valence electrons. The van der Waals surface area contributed by atoms with Crippen LogP contribution in [-0.2, 0) is 9.59 Å². The smallest absolute Gasteiger partial charge is 0.326 e. The van der Waals surface area contributed by atoms with Crippen LogP contribution in [0.2, 0.25) is 5.02 Å². The highest BCUT2D eigenvalue weighted by Crippen LogP contribution is 2.10. The first-order valence-electron chi connectivity index (χ1n) is 6.85. The zero-order valence-electron chi connectivity index (χ0n) is 12.4. The highest BCUT2D eigenvalue weighted by atomic mass is 35.5. The van der Waals surface area contributed by atoms with E-state index in [1.807, 2.05) is 13.8 Å². The van der Waals surface area contributed by atoms with Crippen LogP contribution in [0.1, 0.15) is 30.6 Å². The van der Waals surface area contributed by atoms with Gasteiger partial charge in [-0.2, -0.15) is 0 Å². The van der Waals surface area contributed by atoms with Crippen molar-refractivity contribution in [3.63, 3.8) is 0 Å². The second-order valence-electron chi connectivity index (χ2n) is 5.28. The first kappa shape index (κ1) is 18.0. The number of carbonyl (C=O) groups excluding carboxylic acids is 2. The molecule has 22 heavy (non-hydrogen) atoms. The molecular weight excluding hydrogens is 308 g/mol. The van der Waals surface area contributed by atoms with Gasteiger partial charge in [-0.05, 0) is 30.5 Å². The van der Waals surface area contributed by atoms with Crippen LogP contribution in [0, 0.1) is 5.92 Å². The third kappa shape index (κ3) is 6.13. The number of hydrogen-bond acceptors (Lipinski definition) is 3. The molecule has 1 aromatic carbocycles. The zero-order chi connectivity index (χ0) is 16.7. The van der Waals surface area contributed by atoms with Crippen molar-refractivity contribution in [3.8, 4) is 0 Å². The molecule has 0 saturated heterocycles. The van der Waals surface area contributed by atoms with Gasteiger partial charge in [-0.3, -0.25) is 9.59 Å². The molecule has 2 amide bonds. The van der Waals surface area contributed by atoms with E-state index < -0.39 is 23.8 Å². The molecular formula is C15H19ClN2O4. The van der Waals surface area contributed by atoms with E-state index in [1.54, 1.807) is 18.2 Å². The van der Waals surface area contributed by atoms with Crippen molar-refractivity contribution in [1.82, 2.24) is 10.6 Å². The van der Waals surface area contributed by atoms with Gasteiger partial charge in [0.25, 0.3) is 5.91 Å². The number of carbonyl (C=O) groups is 3. The maximum atomic E-state index is 11.8. The van der Waals surface area contributed by atoms with Gasteiger partial charge in [-0.1, -0.05) is 31.5 Å². The number of halogens is 1. The van der Waals surface area contributed by atoms with Crippen LogP contribution in [0.4, 0.5) is 0 Å². The summed E-state index contributed by atoms with van der Waals surface area (Å²) in [5.41, 5.74) is 0.331. The van der Waals surface area contributed by atoms with E-state index in [2.05, 4.69) is 10.6 Å². The standard InChI is InChI=1S/C15H19ClN2O4/c1-9(2)6-12(15(21)22)18-13(19)8-17-14(20)10-4-3-5-11(16)7-10/h3-5,7,9,12H,6,8H2,1-2H3,(H,17,20)(H,18,19)(H,21,22). The first-order valence-corrected chi connectivity index (χ1v) is 7.23. The Balaban J connectivity index is 2.51. The Hall–Kier alpha value is -2.08. The molecule has 0 aliphatic carbocycles. The summed E-state index contributed by atoms with van der Waals surface area (Å²) in [6.07, 6.45) is 0.323. The fraction of sp³-hybridized carbons (Fsp3) is 0.400. The predicted molar refractivity (Wildman–Crippen MR) is 82.8 cm³/mol. The Morgan fingerprint density at radius 3 is 2.50 bits per heavy atom. The average Bonchev–Trinajstić information content (AvgIpc) is 2.43. The summed E-state index contributed by atoms with van der Waals surface area (Å²) in [6.45, 7) is 3.43. The minimum Gasteiger partial charge on any atom is -0.480 e. The van der Waals surface area contributed by atoms with E-state index in [0.29, 0.717) is 17.0 Å². The lowest BCUT2D eigenvalue weighted by molar-refractivity contribution is -0.142. The van der Waals surface area contributed by atoms with Gasteiger partial charge in [-0.25, -0.2) is 4.79 Å². The van der Waals surface area contributed by atoms with Crippen LogP contribution in [-0.4, -0.2) is 35.5 Å². The fourth-order valence-corrected chi connectivity index (χ4v) is 2.02. The van der Waals surface area contributed by atoms with E-state index in [0.717, 1.165) is 0 Å². The molecule has 0 fully saturated rings. The van der Waals surface area contributed by atoms with Gasteiger partial charge >= 0.3 is 5.97 Å². The van der Waals surface area contributed by atoms with E-state index in [4.69, 9.17) is 16.7 Å². The zero-order valence-corrected chi connectivity index (χ0v) is 13.2. The minimum absolute atomic E-state index is 0.127. The van der Waals surface area contributed by atoms with Crippen LogP contribution in [0.15, 0.2) is 24.3 Å². The largest absolute Gasteiger partial charge is 0.480 e. The lowest BCUT2D eigenvalue weighted by atomic mass is 10.0. The number of carboxylic acid groups (broad SMARTS) is 1. The van der Waals surface area contributed by atoms with E-state index >= 15 is 0 Å². The summed E-state index contributed by atoms with van der Waals surface area (Å²) in [4.78, 5) is 34.6. The van der Waals surface area contributed by atoms with Gasteiger partial charge in [0.05, 0.1) is 6.54 Å². The molecule has 0 spiro atoms. The van der Waals surface area contributed by atoms with Gasteiger partial charge < -0.3 is 15.7 Å². The highest BCUT2D eigenvalue weighted by molar-refractivity contribution is 6.30. The summed E-state index contributed by atoms with van der Waals surface area (Å²) in [6, 6.07) is 5.34.